The first-order valence-electron chi connectivity index (χ1n) is 8.40. The lowest BCUT2D eigenvalue weighted by Gasteiger charge is -2.32. The van der Waals surface area contributed by atoms with Gasteiger partial charge in [0, 0.05) is 44.6 Å². The van der Waals surface area contributed by atoms with Crippen LogP contribution in [0.1, 0.15) is 23.2 Å². The fourth-order valence-electron chi connectivity index (χ4n) is 2.60. The molecule has 1 aliphatic heterocycles. The second kappa shape index (κ2) is 9.17. The smallest absolute Gasteiger partial charge is 0.242 e. The first-order valence-corrected chi connectivity index (χ1v) is 8.40. The lowest BCUT2D eigenvalue weighted by molar-refractivity contribution is -0.134. The molecule has 0 aliphatic carbocycles. The van der Waals surface area contributed by atoms with Crippen LogP contribution in [-0.4, -0.2) is 74.3 Å². The van der Waals surface area contributed by atoms with Gasteiger partial charge in [-0.05, 0) is 19.2 Å². The van der Waals surface area contributed by atoms with Crippen LogP contribution in [0.2, 0.25) is 0 Å². The Morgan fingerprint density at radius 2 is 1.84 bits per heavy atom. The average molecular weight is 347 g/mol. The van der Waals surface area contributed by atoms with E-state index >= 15 is 0 Å². The predicted molar refractivity (Wildman–Crippen MR) is 93.6 cm³/mol. The number of nitrogens with zero attached hydrogens (tertiary/aromatic N) is 2. The Morgan fingerprint density at radius 1 is 1.12 bits per heavy atom. The molecule has 1 aliphatic rings. The largest absolute Gasteiger partial charge is 0.497 e. The minimum Gasteiger partial charge on any atom is -0.497 e. The van der Waals surface area contributed by atoms with Crippen molar-refractivity contribution in [1.82, 2.24) is 15.1 Å². The van der Waals surface area contributed by atoms with E-state index in [4.69, 9.17) is 4.74 Å². The number of likely N-dealkylation sites (N-methyl/N-ethyl adjacent to an activating group) is 1. The number of rotatable bonds is 7. The topological polar surface area (TPSA) is 78.9 Å². The molecule has 1 N–H and O–H groups in total. The zero-order chi connectivity index (χ0) is 18.2. The molecule has 1 aromatic rings. The van der Waals surface area contributed by atoms with Crippen LogP contribution < -0.4 is 10.1 Å². The molecule has 2 amide bonds. The molecule has 7 nitrogen and oxygen atoms in total. The third-order valence-electron chi connectivity index (χ3n) is 4.26. The number of methoxy groups -OCH3 is 1. The summed E-state index contributed by atoms with van der Waals surface area (Å²) >= 11 is 0. The van der Waals surface area contributed by atoms with E-state index in [1.54, 1.807) is 29.2 Å². The predicted octanol–water partition coefficient (Wildman–Crippen LogP) is 0.548. The summed E-state index contributed by atoms with van der Waals surface area (Å²) in [5.74, 6) is 0.104. The molecule has 1 saturated heterocycles. The maximum absolute atomic E-state index is 12.1. The molecular weight excluding hydrogens is 322 g/mol. The van der Waals surface area contributed by atoms with Crippen LogP contribution in [0, 0.1) is 0 Å². The Labute approximate surface area is 147 Å². The highest BCUT2D eigenvalue weighted by atomic mass is 16.5. The Morgan fingerprint density at radius 3 is 2.52 bits per heavy atom. The number of nitrogens with one attached hydrogen (secondary N) is 1. The van der Waals surface area contributed by atoms with Gasteiger partial charge in [0.05, 0.1) is 13.7 Å². The van der Waals surface area contributed by atoms with Crippen molar-refractivity contribution in [2.45, 2.75) is 12.8 Å². The average Bonchev–Trinajstić information content (AvgIpc) is 2.64. The molecule has 0 bridgehead atoms. The van der Waals surface area contributed by atoms with E-state index in [9.17, 15) is 14.4 Å². The monoisotopic (exact) mass is 347 g/mol. The van der Waals surface area contributed by atoms with E-state index < -0.39 is 0 Å². The lowest BCUT2D eigenvalue weighted by atomic mass is 10.1. The minimum absolute atomic E-state index is 0.0180. The minimum atomic E-state index is -0.293. The van der Waals surface area contributed by atoms with E-state index in [0.29, 0.717) is 24.4 Å². The van der Waals surface area contributed by atoms with Gasteiger partial charge < -0.3 is 19.9 Å². The molecule has 7 heteroatoms. The van der Waals surface area contributed by atoms with Crippen molar-refractivity contribution >= 4 is 17.6 Å². The van der Waals surface area contributed by atoms with Gasteiger partial charge >= 0.3 is 0 Å². The fraction of sp³-hybridized carbons (Fsp3) is 0.500. The van der Waals surface area contributed by atoms with Gasteiger partial charge in [0.25, 0.3) is 0 Å². The SMILES string of the molecule is COc1cccc(C(=O)CCC(=O)NCC(=O)N2CCN(C)CC2)c1. The maximum Gasteiger partial charge on any atom is 0.242 e. The van der Waals surface area contributed by atoms with Crippen molar-refractivity contribution in [3.05, 3.63) is 29.8 Å². The molecule has 0 aromatic heterocycles. The molecule has 1 heterocycles. The van der Waals surface area contributed by atoms with E-state index in [0.717, 1.165) is 13.1 Å². The molecule has 0 saturated carbocycles. The van der Waals surface area contributed by atoms with Crippen LogP contribution >= 0.6 is 0 Å². The quantitative estimate of drug-likeness (QED) is 0.729. The van der Waals surface area contributed by atoms with Gasteiger partial charge in [0.2, 0.25) is 11.8 Å². The molecule has 0 spiro atoms. The molecule has 0 radical (unpaired) electrons. The van der Waals surface area contributed by atoms with E-state index in [1.165, 1.54) is 7.11 Å². The normalized spacial score (nSPS) is 14.9. The summed E-state index contributed by atoms with van der Waals surface area (Å²) in [7, 11) is 3.55. The Balaban J connectivity index is 1.71. The van der Waals surface area contributed by atoms with Gasteiger partial charge in [-0.3, -0.25) is 14.4 Å². The number of carbonyl (C=O) groups is 3. The number of ketones is 1. The van der Waals surface area contributed by atoms with Crippen molar-refractivity contribution in [2.75, 3.05) is 46.9 Å². The van der Waals surface area contributed by atoms with Crippen LogP contribution in [0.25, 0.3) is 0 Å². The van der Waals surface area contributed by atoms with Crippen molar-refractivity contribution in [1.29, 1.82) is 0 Å². The molecule has 136 valence electrons. The number of ether oxygens (including phenoxy) is 1. The summed E-state index contributed by atoms with van der Waals surface area (Å²) in [5, 5.41) is 2.60. The number of hydrogen-bond donors (Lipinski definition) is 1. The zero-order valence-corrected chi connectivity index (χ0v) is 14.8. The molecule has 0 unspecified atom stereocenters. The zero-order valence-electron chi connectivity index (χ0n) is 14.8. The van der Waals surface area contributed by atoms with E-state index in [-0.39, 0.29) is 37.0 Å². The summed E-state index contributed by atoms with van der Waals surface area (Å²) < 4.78 is 5.08. The van der Waals surface area contributed by atoms with E-state index in [2.05, 4.69) is 10.2 Å². The number of amides is 2. The van der Waals surface area contributed by atoms with Crippen molar-refractivity contribution in [3.8, 4) is 5.75 Å². The molecule has 1 aromatic carbocycles. The van der Waals surface area contributed by atoms with Crippen LogP contribution in [0.4, 0.5) is 0 Å². The third-order valence-corrected chi connectivity index (χ3v) is 4.26. The highest BCUT2D eigenvalue weighted by molar-refractivity contribution is 5.98. The van der Waals surface area contributed by atoms with Gasteiger partial charge in [0.15, 0.2) is 5.78 Å². The standard InChI is InChI=1S/C18H25N3O4/c1-20-8-10-21(11-9-20)18(24)13-19-17(23)7-6-16(22)14-4-3-5-15(12-14)25-2/h3-5,12H,6-11,13H2,1-2H3,(H,19,23). The molecular formula is C18H25N3O4. The highest BCUT2D eigenvalue weighted by Gasteiger charge is 2.19. The van der Waals surface area contributed by atoms with Gasteiger partial charge in [-0.2, -0.15) is 0 Å². The van der Waals surface area contributed by atoms with Crippen LogP contribution in [0.15, 0.2) is 24.3 Å². The van der Waals surface area contributed by atoms with Crippen LogP contribution in [-0.2, 0) is 9.59 Å². The Hall–Kier alpha value is -2.41. The molecule has 2 rings (SSSR count). The van der Waals surface area contributed by atoms with Crippen molar-refractivity contribution in [3.63, 3.8) is 0 Å². The van der Waals surface area contributed by atoms with Gasteiger partial charge in [-0.1, -0.05) is 12.1 Å². The summed E-state index contributed by atoms with van der Waals surface area (Å²) in [6, 6.07) is 6.84. The first-order chi connectivity index (χ1) is 12.0. The number of piperazine rings is 1. The maximum atomic E-state index is 12.1. The summed E-state index contributed by atoms with van der Waals surface area (Å²) in [4.78, 5) is 40.0. The lowest BCUT2D eigenvalue weighted by Crippen LogP contribution is -2.50. The second-order valence-corrected chi connectivity index (χ2v) is 6.12. The Bertz CT molecular complexity index is 625. The third kappa shape index (κ3) is 5.86. The highest BCUT2D eigenvalue weighted by Crippen LogP contribution is 2.14. The molecule has 1 fully saturated rings. The van der Waals surface area contributed by atoms with Crippen LogP contribution in [0.3, 0.4) is 0 Å². The summed E-state index contributed by atoms with van der Waals surface area (Å²) in [6.07, 6.45) is 0.160. The number of carbonyl (C=O) groups excluding carboxylic acids is 3. The molecule has 25 heavy (non-hydrogen) atoms. The Kier molecular flexibility index (Phi) is 6.94. The summed E-state index contributed by atoms with van der Waals surface area (Å²) in [5.41, 5.74) is 0.515. The van der Waals surface area contributed by atoms with Crippen molar-refractivity contribution in [2.24, 2.45) is 0 Å². The fourth-order valence-corrected chi connectivity index (χ4v) is 2.60. The van der Waals surface area contributed by atoms with Crippen molar-refractivity contribution < 1.29 is 19.1 Å². The summed E-state index contributed by atoms with van der Waals surface area (Å²) in [6.45, 7) is 3.03. The first kappa shape index (κ1) is 18.9. The number of Topliss-reactive ketones (excluding diaryl/α,β-unsaturated/α-hetero) is 1. The number of hydrogen-bond acceptors (Lipinski definition) is 5. The van der Waals surface area contributed by atoms with Crippen LogP contribution in [0.5, 0.6) is 5.75 Å². The molecule has 0 atom stereocenters. The number of benzene rings is 1. The van der Waals surface area contributed by atoms with Gasteiger partial charge in [-0.25, -0.2) is 0 Å². The van der Waals surface area contributed by atoms with Gasteiger partial charge in [-0.15, -0.1) is 0 Å². The van der Waals surface area contributed by atoms with E-state index in [1.807, 2.05) is 7.05 Å². The second-order valence-electron chi connectivity index (χ2n) is 6.12. The van der Waals surface area contributed by atoms with Gasteiger partial charge in [0.1, 0.15) is 5.75 Å².